The molecule has 0 atom stereocenters. The highest BCUT2D eigenvalue weighted by molar-refractivity contribution is 7.94. The van der Waals surface area contributed by atoms with Crippen molar-refractivity contribution >= 4 is 113 Å². The third-order valence-corrected chi connectivity index (χ3v) is 11.1. The van der Waals surface area contributed by atoms with Gasteiger partial charge < -0.3 is 30.5 Å². The highest BCUT2D eigenvalue weighted by Crippen LogP contribution is 2.48. The first-order valence-corrected chi connectivity index (χ1v) is 22.9. The SMILES string of the molecule is CCNc1nc(NC)nc(Nc2cc(S(=O)(=O)O)cc3cc(SOOO)c(N=Nc4cc(C)c(N=Nc5ccc(N=Nc6ccc(/N=C\OC)cc6)cc5S(=O)(=O)O)cc4OCC)c(O)c23)n1. The second-order valence-electron chi connectivity index (χ2n) is 13.3. The summed E-state index contributed by atoms with van der Waals surface area (Å²) in [6.45, 7) is 5.74. The fourth-order valence-corrected chi connectivity index (χ4v) is 7.52. The van der Waals surface area contributed by atoms with Gasteiger partial charge in [-0.2, -0.15) is 47.1 Å². The maximum absolute atomic E-state index is 12.5. The highest BCUT2D eigenvalue weighted by Gasteiger charge is 2.23. The summed E-state index contributed by atoms with van der Waals surface area (Å²) < 4.78 is 85.2. The summed E-state index contributed by atoms with van der Waals surface area (Å²) in [5.74, 6) is -0.255. The van der Waals surface area contributed by atoms with Crippen molar-refractivity contribution in [1.82, 2.24) is 15.0 Å². The van der Waals surface area contributed by atoms with Gasteiger partial charge in [-0.15, -0.1) is 19.7 Å². The zero-order valence-corrected chi connectivity index (χ0v) is 38.1. The Morgan fingerprint density at radius 3 is 2.10 bits per heavy atom. The van der Waals surface area contributed by atoms with Gasteiger partial charge >= 0.3 is 0 Å². The maximum atomic E-state index is 12.5. The molecule has 0 fully saturated rings. The molecular weight excluding hydrogens is 939 g/mol. The number of aliphatic imine (C=N–C) groups is 1. The number of phenolic OH excluding ortho intramolecular Hbond substituents is 1. The van der Waals surface area contributed by atoms with Crippen molar-refractivity contribution in [2.45, 2.75) is 35.5 Å². The van der Waals surface area contributed by atoms with Crippen LogP contribution in [0.1, 0.15) is 19.4 Å². The van der Waals surface area contributed by atoms with Crippen LogP contribution in [0.25, 0.3) is 10.8 Å². The summed E-state index contributed by atoms with van der Waals surface area (Å²) in [5.41, 5.74) is 1.29. The molecule has 0 unspecified atom stereocenters. The maximum Gasteiger partial charge on any atom is 0.296 e. The van der Waals surface area contributed by atoms with Gasteiger partial charge in [0.15, 0.2) is 12.2 Å². The number of ether oxygens (including phenoxy) is 2. The van der Waals surface area contributed by atoms with Crippen molar-refractivity contribution < 1.29 is 55.2 Å². The fraction of sp³-hybridized carbons (Fsp3) is 0.179. The summed E-state index contributed by atoms with van der Waals surface area (Å²) >= 11 is 0.373. The van der Waals surface area contributed by atoms with E-state index in [1.807, 2.05) is 6.92 Å². The number of fused-ring (bicyclic) bond motifs is 1. The van der Waals surface area contributed by atoms with Crippen LogP contribution in [0.3, 0.4) is 0 Å². The Kier molecular flexibility index (Phi) is 16.0. The Bertz CT molecular complexity index is 3140. The van der Waals surface area contributed by atoms with E-state index in [9.17, 15) is 31.0 Å². The molecule has 6 aromatic rings. The monoisotopic (exact) mass is 977 g/mol. The number of phenols is 1. The van der Waals surface area contributed by atoms with Gasteiger partial charge in [0.1, 0.15) is 27.7 Å². The fourth-order valence-electron chi connectivity index (χ4n) is 5.84. The van der Waals surface area contributed by atoms with Crippen LogP contribution >= 0.6 is 12.0 Å². The zero-order chi connectivity index (χ0) is 48.3. The summed E-state index contributed by atoms with van der Waals surface area (Å²) in [7, 11) is -6.61. The first kappa shape index (κ1) is 49.1. The number of aromatic hydroxyl groups is 1. The molecule has 0 aliphatic carbocycles. The minimum atomic E-state index is -4.83. The predicted octanol–water partition coefficient (Wildman–Crippen LogP) is 10.1. The molecule has 0 saturated carbocycles. The first-order valence-electron chi connectivity index (χ1n) is 19.2. The summed E-state index contributed by atoms with van der Waals surface area (Å²) in [5, 5.41) is 58.4. The van der Waals surface area contributed by atoms with E-state index < -0.39 is 35.8 Å². The molecule has 0 aliphatic heterocycles. The normalized spacial score (nSPS) is 12.2. The third-order valence-electron chi connectivity index (χ3n) is 8.78. The van der Waals surface area contributed by atoms with Gasteiger partial charge in [-0.05, 0) is 98.5 Å². The van der Waals surface area contributed by atoms with Crippen molar-refractivity contribution in [3.05, 3.63) is 78.4 Å². The minimum Gasteiger partial charge on any atom is -0.505 e. The molecule has 0 aliphatic rings. The average molecular weight is 978 g/mol. The smallest absolute Gasteiger partial charge is 0.296 e. The second-order valence-corrected chi connectivity index (χ2v) is 16.9. The molecule has 0 spiro atoms. The van der Waals surface area contributed by atoms with E-state index in [4.69, 9.17) is 14.7 Å². The Balaban J connectivity index is 1.38. The van der Waals surface area contributed by atoms with Gasteiger partial charge in [0.25, 0.3) is 20.2 Å². The van der Waals surface area contributed by atoms with E-state index in [0.717, 1.165) is 18.2 Å². The number of benzene rings is 5. The molecule has 1 heterocycles. The molecule has 0 bridgehead atoms. The lowest BCUT2D eigenvalue weighted by Gasteiger charge is -2.15. The molecule has 5 aromatic carbocycles. The lowest BCUT2D eigenvalue weighted by atomic mass is 10.1. The van der Waals surface area contributed by atoms with Crippen LogP contribution in [0, 0.1) is 6.92 Å². The predicted molar refractivity (Wildman–Crippen MR) is 246 cm³/mol. The van der Waals surface area contributed by atoms with E-state index >= 15 is 0 Å². The number of aryl methyl sites for hydroxylation is 1. The molecule has 0 amide bonds. The number of hydrogen-bond donors (Lipinski definition) is 7. The average Bonchev–Trinajstić information content (AvgIpc) is 3.29. The standard InChI is InChI=1S/C39H39N13O12S3/c1-6-41-38-44-37(40-4)45-39(46-38)43-30-18-26(66(55,56)57)15-22-16-32(65-64-63-54)35(36(53)34(22)30)52-51-29-14-21(3)28(19-31(29)62-7-2)50-49-27-13-12-25(17-33(27)67(58,59)60)48-47-24-10-8-23(9-11-24)42-20-61-5/h8-20,53-54H,6-7H2,1-5H3,(H,55,56,57)(H,58,59,60)(H3,40,41,43,44,45,46)/b42-20-,48-47?,50-49?,52-51?. The number of azo groups is 3. The lowest BCUT2D eigenvalue weighted by molar-refractivity contribution is -0.432. The molecule has 28 heteroatoms. The van der Waals surface area contributed by atoms with Gasteiger partial charge in [0, 0.05) is 25.0 Å². The molecule has 350 valence electrons. The number of nitrogens with one attached hydrogen (secondary N) is 3. The van der Waals surface area contributed by atoms with Gasteiger partial charge in [-0.1, -0.05) is 5.04 Å². The molecule has 0 radical (unpaired) electrons. The molecule has 0 saturated heterocycles. The number of methoxy groups -OCH3 is 1. The largest absolute Gasteiger partial charge is 0.505 e. The van der Waals surface area contributed by atoms with E-state index in [1.165, 1.54) is 43.8 Å². The van der Waals surface area contributed by atoms with Crippen molar-refractivity contribution in [2.75, 3.05) is 43.3 Å². The number of rotatable bonds is 20. The molecular formula is C39H39N13O12S3. The van der Waals surface area contributed by atoms with Crippen LogP contribution < -0.4 is 20.7 Å². The minimum absolute atomic E-state index is 0.0283. The number of hydrogen-bond acceptors (Lipinski definition) is 24. The summed E-state index contributed by atoms with van der Waals surface area (Å²) in [6.07, 6.45) is 1.27. The van der Waals surface area contributed by atoms with Crippen LogP contribution in [0.5, 0.6) is 11.5 Å². The van der Waals surface area contributed by atoms with E-state index in [0.29, 0.717) is 35.5 Å². The molecule has 7 N–H and O–H groups in total. The van der Waals surface area contributed by atoms with Crippen LogP contribution in [-0.2, 0) is 34.3 Å². The second kappa shape index (κ2) is 21.8. The Hall–Kier alpha value is -7.31. The first-order chi connectivity index (χ1) is 32.0. The molecule has 25 nitrogen and oxygen atoms in total. The van der Waals surface area contributed by atoms with E-state index in [2.05, 4.69) is 76.0 Å². The highest BCUT2D eigenvalue weighted by atomic mass is 32.2. The Morgan fingerprint density at radius 1 is 0.761 bits per heavy atom. The topological polar surface area (TPSA) is 347 Å². The Morgan fingerprint density at radius 2 is 1.43 bits per heavy atom. The number of aromatic nitrogens is 3. The van der Waals surface area contributed by atoms with Crippen molar-refractivity contribution in [2.24, 2.45) is 35.7 Å². The number of nitrogens with zero attached hydrogens (tertiary/aromatic N) is 10. The van der Waals surface area contributed by atoms with Crippen LogP contribution in [0.2, 0.25) is 0 Å². The van der Waals surface area contributed by atoms with Gasteiger partial charge in [0.2, 0.25) is 17.8 Å². The van der Waals surface area contributed by atoms with E-state index in [-0.39, 0.29) is 80.0 Å². The van der Waals surface area contributed by atoms with Crippen molar-refractivity contribution in [3.8, 4) is 11.5 Å². The summed E-state index contributed by atoms with van der Waals surface area (Å²) in [6, 6.07) is 16.8. The van der Waals surface area contributed by atoms with Crippen molar-refractivity contribution in [1.29, 1.82) is 0 Å². The van der Waals surface area contributed by atoms with E-state index in [1.54, 1.807) is 45.2 Å². The quantitative estimate of drug-likeness (QED) is 0.00711. The molecule has 1 aromatic heterocycles. The third kappa shape index (κ3) is 12.5. The van der Waals surface area contributed by atoms with Gasteiger partial charge in [-0.25, -0.2) is 10.2 Å². The van der Waals surface area contributed by atoms with Crippen molar-refractivity contribution in [3.63, 3.8) is 0 Å². The summed E-state index contributed by atoms with van der Waals surface area (Å²) in [4.78, 5) is 15.6. The van der Waals surface area contributed by atoms with Crippen LogP contribution in [0.15, 0.2) is 123 Å². The van der Waals surface area contributed by atoms with Gasteiger partial charge in [0.05, 0.1) is 64.0 Å². The number of anilines is 4. The van der Waals surface area contributed by atoms with Gasteiger partial charge in [-0.3, -0.25) is 9.11 Å². The zero-order valence-electron chi connectivity index (χ0n) is 35.7. The lowest BCUT2D eigenvalue weighted by Crippen LogP contribution is -2.09. The molecule has 6 rings (SSSR count). The van der Waals surface area contributed by atoms with Crippen LogP contribution in [0.4, 0.5) is 63.3 Å². The van der Waals surface area contributed by atoms with Crippen LogP contribution in [-0.4, -0.2) is 85.0 Å². The molecule has 67 heavy (non-hydrogen) atoms. The Labute approximate surface area is 385 Å².